The van der Waals surface area contributed by atoms with Gasteiger partial charge in [0.25, 0.3) is 0 Å². The van der Waals surface area contributed by atoms with Crippen LogP contribution in [0.25, 0.3) is 0 Å². The lowest BCUT2D eigenvalue weighted by Crippen LogP contribution is -2.18. The molecule has 0 amide bonds. The predicted molar refractivity (Wildman–Crippen MR) is 28.3 cm³/mol. The molecule has 0 aromatic heterocycles. The summed E-state index contributed by atoms with van der Waals surface area (Å²) in [5.41, 5.74) is 0. The molecule has 9 heavy (non-hydrogen) atoms. The second kappa shape index (κ2) is 4.65. The molecule has 0 aromatic carbocycles. The number of hydrogen-bond donors (Lipinski definition) is 1. The summed E-state index contributed by atoms with van der Waals surface area (Å²) in [4.78, 5) is 0. The van der Waals surface area contributed by atoms with E-state index in [4.69, 9.17) is 23.4 Å². The third-order valence-corrected chi connectivity index (χ3v) is 0. The highest BCUT2D eigenvalue weighted by atomic mass is 32.3. The molecule has 0 bridgehead atoms. The Kier molecular flexibility index (Phi) is 5.98. The summed E-state index contributed by atoms with van der Waals surface area (Å²) in [6, 6.07) is 0. The van der Waals surface area contributed by atoms with Gasteiger partial charge in [-0.1, -0.05) is 0 Å². The number of nitrogens with zero attached hydrogens (tertiary/aromatic N) is 1. The standard InChI is InChI=1S/C2H8N2.H2O4S/c1-4(2)3;1-5(2,3)4/h3H2,1-2H3;(H2,1,2,3,4)/p-2. The van der Waals surface area contributed by atoms with Crippen LogP contribution in [0.1, 0.15) is 0 Å². The zero-order chi connectivity index (χ0) is 8.08. The molecule has 0 fully saturated rings. The van der Waals surface area contributed by atoms with E-state index in [1.165, 1.54) is 5.01 Å². The molecule has 0 radical (unpaired) electrons. The van der Waals surface area contributed by atoms with Crippen LogP contribution < -0.4 is 5.84 Å². The van der Waals surface area contributed by atoms with E-state index in [-0.39, 0.29) is 0 Å². The second-order valence-corrected chi connectivity index (χ2v) is 2.19. The lowest BCUT2D eigenvalue weighted by atomic mass is 11.2. The molecule has 0 spiro atoms. The highest BCUT2D eigenvalue weighted by molar-refractivity contribution is 7.79. The minimum atomic E-state index is -5.17. The fourth-order valence-corrected chi connectivity index (χ4v) is 0. The van der Waals surface area contributed by atoms with Gasteiger partial charge in [0, 0.05) is 24.5 Å². The molecule has 58 valence electrons. The Morgan fingerprint density at radius 1 is 1.33 bits per heavy atom. The summed E-state index contributed by atoms with van der Waals surface area (Å²) in [7, 11) is -1.61. The molecule has 0 saturated heterocycles. The van der Waals surface area contributed by atoms with E-state index < -0.39 is 10.4 Å². The smallest absolute Gasteiger partial charge is 0.0311 e. The van der Waals surface area contributed by atoms with Crippen LogP contribution >= 0.6 is 0 Å². The van der Waals surface area contributed by atoms with Gasteiger partial charge in [-0.05, 0) is 0 Å². The first kappa shape index (κ1) is 11.6. The van der Waals surface area contributed by atoms with Gasteiger partial charge in [-0.15, -0.1) is 0 Å². The van der Waals surface area contributed by atoms with Gasteiger partial charge in [0.1, 0.15) is 0 Å². The van der Waals surface area contributed by atoms with Crippen molar-refractivity contribution in [1.29, 1.82) is 0 Å². The molecule has 0 aliphatic rings. The van der Waals surface area contributed by atoms with E-state index in [2.05, 4.69) is 0 Å². The van der Waals surface area contributed by atoms with Gasteiger partial charge in [-0.25, -0.2) is 0 Å². The molecule has 0 aliphatic carbocycles. The summed E-state index contributed by atoms with van der Waals surface area (Å²) in [5, 5.41) is 1.50. The Morgan fingerprint density at radius 3 is 1.33 bits per heavy atom. The largest absolute Gasteiger partial charge is 0.759 e. The van der Waals surface area contributed by atoms with E-state index >= 15 is 0 Å². The van der Waals surface area contributed by atoms with Crippen LogP contribution in [0.5, 0.6) is 0 Å². The van der Waals surface area contributed by atoms with Gasteiger partial charge < -0.3 is 9.11 Å². The number of rotatable bonds is 0. The predicted octanol–water partition coefficient (Wildman–Crippen LogP) is -1.92. The van der Waals surface area contributed by atoms with Crippen LogP contribution in [0, 0.1) is 0 Å². The Labute approximate surface area is 53.8 Å². The van der Waals surface area contributed by atoms with E-state index in [1.807, 2.05) is 0 Å². The van der Waals surface area contributed by atoms with Crippen LogP contribution in [0.15, 0.2) is 0 Å². The zero-order valence-electron chi connectivity index (χ0n) is 5.07. The molecule has 6 nitrogen and oxygen atoms in total. The van der Waals surface area contributed by atoms with Crippen LogP contribution in [0.4, 0.5) is 0 Å². The molecule has 0 saturated carbocycles. The van der Waals surface area contributed by atoms with Crippen molar-refractivity contribution in [2.75, 3.05) is 14.1 Å². The molecule has 0 aromatic rings. The molecule has 0 heterocycles. The first-order chi connectivity index (χ1) is 3.73. The highest BCUT2D eigenvalue weighted by Gasteiger charge is 1.57. The van der Waals surface area contributed by atoms with Crippen LogP contribution in [0.3, 0.4) is 0 Å². The van der Waals surface area contributed by atoms with Crippen molar-refractivity contribution in [3.8, 4) is 0 Å². The van der Waals surface area contributed by atoms with Crippen LogP contribution in [-0.2, 0) is 10.4 Å². The molecular weight excluding hydrogens is 148 g/mol. The van der Waals surface area contributed by atoms with Gasteiger partial charge in [-0.2, -0.15) is 0 Å². The summed E-state index contributed by atoms with van der Waals surface area (Å²) in [6.45, 7) is 0. The summed E-state index contributed by atoms with van der Waals surface area (Å²) in [6.07, 6.45) is 0. The van der Waals surface area contributed by atoms with Crippen molar-refractivity contribution in [2.45, 2.75) is 0 Å². The SMILES string of the molecule is CN(C)N.O=S(=O)([O-])[O-]. The first-order valence-electron chi connectivity index (χ1n) is 1.82. The summed E-state index contributed by atoms with van der Waals surface area (Å²) in [5.74, 6) is 4.94. The van der Waals surface area contributed by atoms with E-state index in [0.29, 0.717) is 0 Å². The Morgan fingerprint density at radius 2 is 1.33 bits per heavy atom. The van der Waals surface area contributed by atoms with Gasteiger partial charge in [0.2, 0.25) is 0 Å². The zero-order valence-corrected chi connectivity index (χ0v) is 5.88. The molecule has 0 unspecified atom stereocenters. The van der Waals surface area contributed by atoms with Crippen molar-refractivity contribution in [3.63, 3.8) is 0 Å². The van der Waals surface area contributed by atoms with E-state index in [1.54, 1.807) is 14.1 Å². The van der Waals surface area contributed by atoms with Crippen LogP contribution in [0.2, 0.25) is 0 Å². The molecular formula is C2H8N2O4S-2. The number of nitrogens with two attached hydrogens (primary N) is 1. The van der Waals surface area contributed by atoms with Crippen molar-refractivity contribution in [3.05, 3.63) is 0 Å². The fraction of sp³-hybridized carbons (Fsp3) is 1.00. The topological polar surface area (TPSA) is 110 Å². The minimum Gasteiger partial charge on any atom is -0.759 e. The normalized spacial score (nSPS) is 10.4. The maximum atomic E-state index is 8.52. The number of hydrazine groups is 1. The van der Waals surface area contributed by atoms with Crippen molar-refractivity contribution < 1.29 is 17.5 Å². The quantitative estimate of drug-likeness (QED) is 0.189. The number of hydrogen-bond acceptors (Lipinski definition) is 6. The fourth-order valence-electron chi connectivity index (χ4n) is 0. The highest BCUT2D eigenvalue weighted by Crippen LogP contribution is 1.57. The monoisotopic (exact) mass is 156 g/mol. The minimum absolute atomic E-state index is 1.50. The Bertz CT molecular complexity index is 128. The summed E-state index contributed by atoms with van der Waals surface area (Å²) < 4.78 is 34.1. The third kappa shape index (κ3) is 5920. The lowest BCUT2D eigenvalue weighted by molar-refractivity contribution is 0.352. The molecule has 7 heteroatoms. The molecule has 0 atom stereocenters. The van der Waals surface area contributed by atoms with Gasteiger partial charge in [0.15, 0.2) is 0 Å². The Hall–Kier alpha value is -0.210. The lowest BCUT2D eigenvalue weighted by Gasteiger charge is -2.06. The van der Waals surface area contributed by atoms with E-state index in [0.717, 1.165) is 0 Å². The van der Waals surface area contributed by atoms with E-state index in [9.17, 15) is 0 Å². The van der Waals surface area contributed by atoms with Gasteiger partial charge in [0.05, 0.1) is 0 Å². The molecule has 0 aliphatic heterocycles. The first-order valence-corrected chi connectivity index (χ1v) is 3.15. The average Bonchev–Trinajstić information content (AvgIpc) is 1.19. The second-order valence-electron chi connectivity index (χ2n) is 1.37. The van der Waals surface area contributed by atoms with Gasteiger partial charge in [-0.3, -0.25) is 19.3 Å². The van der Waals surface area contributed by atoms with Crippen LogP contribution in [-0.4, -0.2) is 36.6 Å². The van der Waals surface area contributed by atoms with Crippen molar-refractivity contribution >= 4 is 10.4 Å². The molecule has 2 N–H and O–H groups in total. The third-order valence-electron chi connectivity index (χ3n) is 0. The average molecular weight is 156 g/mol. The maximum absolute atomic E-state index is 8.52. The van der Waals surface area contributed by atoms with Crippen molar-refractivity contribution in [2.24, 2.45) is 5.84 Å². The van der Waals surface area contributed by atoms with Gasteiger partial charge >= 0.3 is 0 Å². The summed E-state index contributed by atoms with van der Waals surface area (Å²) >= 11 is 0. The van der Waals surface area contributed by atoms with Crippen molar-refractivity contribution in [1.82, 2.24) is 5.01 Å². The maximum Gasteiger partial charge on any atom is 0.0311 e. The Balaban J connectivity index is 0. The molecule has 0 rings (SSSR count).